The second-order valence-electron chi connectivity index (χ2n) is 9.38. The maximum atomic E-state index is 13.8. The molecule has 6 rings (SSSR count). The minimum absolute atomic E-state index is 0.0779. The molecule has 11 heteroatoms. The summed E-state index contributed by atoms with van der Waals surface area (Å²) < 4.78 is 12.6. The fourth-order valence-corrected chi connectivity index (χ4v) is 7.26. The smallest absolute Gasteiger partial charge is 0.242 e. The van der Waals surface area contributed by atoms with E-state index < -0.39 is 0 Å². The van der Waals surface area contributed by atoms with Crippen LogP contribution in [0.3, 0.4) is 0 Å². The number of hydrogen-bond donors (Lipinski definition) is 0. The van der Waals surface area contributed by atoms with Crippen LogP contribution in [0.2, 0.25) is 5.02 Å². The summed E-state index contributed by atoms with van der Waals surface area (Å²) in [5, 5.41) is 7.62. The average Bonchev–Trinajstić information content (AvgIpc) is 3.63. The van der Waals surface area contributed by atoms with Crippen LogP contribution in [-0.2, 0) is 14.3 Å². The van der Waals surface area contributed by atoms with Crippen molar-refractivity contribution >= 4 is 52.3 Å². The molecule has 1 atom stereocenters. The van der Waals surface area contributed by atoms with Gasteiger partial charge in [0.15, 0.2) is 0 Å². The minimum Gasteiger partial charge on any atom is -0.497 e. The molecule has 0 unspecified atom stereocenters. The third-order valence-corrected chi connectivity index (χ3v) is 9.56. The van der Waals surface area contributed by atoms with Crippen molar-refractivity contribution in [2.24, 2.45) is 0 Å². The van der Waals surface area contributed by atoms with Gasteiger partial charge in [-0.15, -0.1) is 23.1 Å². The molecule has 2 aromatic carbocycles. The number of nitrogens with zero attached hydrogens (tertiary/aromatic N) is 4. The van der Waals surface area contributed by atoms with Crippen LogP contribution in [-0.4, -0.2) is 72.2 Å². The topological polar surface area (TPSA) is 76.9 Å². The van der Waals surface area contributed by atoms with E-state index in [9.17, 15) is 9.59 Å². The van der Waals surface area contributed by atoms with Crippen molar-refractivity contribution in [2.45, 2.75) is 5.25 Å². The number of thiophene rings is 1. The van der Waals surface area contributed by atoms with Gasteiger partial charge >= 0.3 is 0 Å². The Hall–Kier alpha value is -3.31. The Morgan fingerprint density at radius 3 is 2.52 bits per heavy atom. The molecular formula is C29H27ClN4O4S2. The monoisotopic (exact) mass is 594 g/mol. The number of benzene rings is 2. The quantitative estimate of drug-likeness (QED) is 0.302. The van der Waals surface area contributed by atoms with Crippen LogP contribution in [0.15, 0.2) is 66.0 Å². The molecule has 0 bridgehead atoms. The van der Waals surface area contributed by atoms with Crippen LogP contribution in [0.25, 0.3) is 16.9 Å². The SMILES string of the molecule is COc1ccc(-n2nc(-c3ccc(Cl)cc3)c3c2N(CC(=O)N2CCOCC2)C(=O)CS[C@H]3c2cccs2)cc1. The standard InChI is InChI=1S/C29H27ClN4O4S2/c1-37-22-10-8-21(9-11-22)34-29-26(27(31-34)19-4-6-20(30)7-5-19)28(23-3-2-16-39-23)40-18-25(36)33(29)17-24(35)32-12-14-38-15-13-32/h2-11,16,28H,12-15,17-18H2,1H3/t28-/m0/s1. The van der Waals surface area contributed by atoms with Crippen LogP contribution in [0.5, 0.6) is 5.75 Å². The van der Waals surface area contributed by atoms with Crippen molar-refractivity contribution in [3.8, 4) is 22.7 Å². The molecule has 2 aliphatic rings. The normalized spacial score (nSPS) is 17.4. The van der Waals surface area contributed by atoms with E-state index in [1.165, 1.54) is 0 Å². The van der Waals surface area contributed by atoms with Gasteiger partial charge in [-0.05, 0) is 47.8 Å². The third-order valence-electron chi connectivity index (χ3n) is 6.98. The molecule has 1 fully saturated rings. The van der Waals surface area contributed by atoms with E-state index in [0.717, 1.165) is 27.4 Å². The molecule has 0 saturated carbocycles. The van der Waals surface area contributed by atoms with Gasteiger partial charge in [-0.1, -0.05) is 29.8 Å². The molecule has 4 heterocycles. The molecule has 1 saturated heterocycles. The number of carbonyl (C=O) groups is 2. The zero-order valence-corrected chi connectivity index (χ0v) is 24.2. The van der Waals surface area contributed by atoms with Crippen LogP contribution in [0.4, 0.5) is 5.82 Å². The number of rotatable bonds is 6. The number of anilines is 1. The molecule has 2 aromatic heterocycles. The Morgan fingerprint density at radius 1 is 1.10 bits per heavy atom. The summed E-state index contributed by atoms with van der Waals surface area (Å²) in [6, 6.07) is 19.2. The summed E-state index contributed by atoms with van der Waals surface area (Å²) in [7, 11) is 1.62. The average molecular weight is 595 g/mol. The van der Waals surface area contributed by atoms with Gasteiger partial charge in [-0.2, -0.15) is 5.10 Å². The van der Waals surface area contributed by atoms with Crippen molar-refractivity contribution in [1.82, 2.24) is 14.7 Å². The van der Waals surface area contributed by atoms with Crippen LogP contribution in [0.1, 0.15) is 15.7 Å². The number of carbonyl (C=O) groups excluding carboxylic acids is 2. The zero-order valence-electron chi connectivity index (χ0n) is 21.8. The number of methoxy groups -OCH3 is 1. The van der Waals surface area contributed by atoms with E-state index in [0.29, 0.717) is 42.9 Å². The number of hydrogen-bond acceptors (Lipinski definition) is 7. The van der Waals surface area contributed by atoms with E-state index in [2.05, 4.69) is 6.07 Å². The predicted molar refractivity (Wildman–Crippen MR) is 159 cm³/mol. The van der Waals surface area contributed by atoms with Crippen molar-refractivity contribution in [2.75, 3.05) is 50.6 Å². The molecule has 206 valence electrons. The van der Waals surface area contributed by atoms with E-state index in [1.807, 2.05) is 60.0 Å². The maximum Gasteiger partial charge on any atom is 0.242 e. The number of halogens is 1. The van der Waals surface area contributed by atoms with E-state index >= 15 is 0 Å². The molecule has 2 amide bonds. The maximum absolute atomic E-state index is 13.8. The second kappa shape index (κ2) is 11.7. The highest BCUT2D eigenvalue weighted by atomic mass is 35.5. The second-order valence-corrected chi connectivity index (χ2v) is 11.9. The zero-order chi connectivity index (χ0) is 27.6. The molecule has 0 N–H and O–H groups in total. The van der Waals surface area contributed by atoms with Gasteiger partial charge in [0.2, 0.25) is 11.8 Å². The van der Waals surface area contributed by atoms with Gasteiger partial charge in [0.05, 0.1) is 42.7 Å². The highest BCUT2D eigenvalue weighted by molar-refractivity contribution is 8.00. The predicted octanol–water partition coefficient (Wildman–Crippen LogP) is 5.29. The first-order chi connectivity index (χ1) is 19.5. The van der Waals surface area contributed by atoms with Crippen LogP contribution >= 0.6 is 34.7 Å². The van der Waals surface area contributed by atoms with Gasteiger partial charge < -0.3 is 14.4 Å². The van der Waals surface area contributed by atoms with E-state index in [-0.39, 0.29) is 29.4 Å². The van der Waals surface area contributed by atoms with Gasteiger partial charge in [-0.25, -0.2) is 4.68 Å². The van der Waals surface area contributed by atoms with Gasteiger partial charge in [0.25, 0.3) is 0 Å². The largest absolute Gasteiger partial charge is 0.497 e. The van der Waals surface area contributed by atoms with Crippen molar-refractivity contribution in [3.05, 3.63) is 81.5 Å². The lowest BCUT2D eigenvalue weighted by molar-refractivity contribution is -0.134. The fourth-order valence-electron chi connectivity index (χ4n) is 4.96. The molecule has 8 nitrogen and oxygen atoms in total. The minimum atomic E-state index is -0.153. The summed E-state index contributed by atoms with van der Waals surface area (Å²) in [6.45, 7) is 1.92. The molecule has 4 aromatic rings. The highest BCUT2D eigenvalue weighted by Crippen LogP contribution is 2.49. The summed E-state index contributed by atoms with van der Waals surface area (Å²) in [4.78, 5) is 31.8. The molecule has 0 radical (unpaired) electrons. The molecule has 40 heavy (non-hydrogen) atoms. The van der Waals surface area contributed by atoms with Crippen molar-refractivity contribution in [3.63, 3.8) is 0 Å². The lowest BCUT2D eigenvalue weighted by atomic mass is 10.0. The fraction of sp³-hybridized carbons (Fsp3) is 0.276. The van der Waals surface area contributed by atoms with Crippen LogP contribution in [0, 0.1) is 0 Å². The number of ether oxygens (including phenoxy) is 2. The Balaban J connectivity index is 1.57. The highest BCUT2D eigenvalue weighted by Gasteiger charge is 2.38. The first kappa shape index (κ1) is 26.9. The Labute approximate surface area is 245 Å². The number of amides is 2. The van der Waals surface area contributed by atoms with Crippen LogP contribution < -0.4 is 9.64 Å². The number of fused-ring (bicyclic) bond motifs is 1. The molecule has 0 spiro atoms. The number of aromatic nitrogens is 2. The third kappa shape index (κ3) is 5.24. The number of morpholine rings is 1. The molecule has 0 aliphatic carbocycles. The van der Waals surface area contributed by atoms with Crippen molar-refractivity contribution in [1.29, 1.82) is 0 Å². The molecular weight excluding hydrogens is 568 g/mol. The van der Waals surface area contributed by atoms with Crippen molar-refractivity contribution < 1.29 is 19.1 Å². The Kier molecular flexibility index (Phi) is 7.84. The summed E-state index contributed by atoms with van der Waals surface area (Å²) in [5.41, 5.74) is 3.27. The first-order valence-corrected chi connectivity index (χ1v) is 15.2. The van der Waals surface area contributed by atoms with Gasteiger partial charge in [-0.3, -0.25) is 14.5 Å². The summed E-state index contributed by atoms with van der Waals surface area (Å²) in [6.07, 6.45) is 0. The summed E-state index contributed by atoms with van der Waals surface area (Å²) >= 11 is 9.44. The van der Waals surface area contributed by atoms with Gasteiger partial charge in [0.1, 0.15) is 18.1 Å². The van der Waals surface area contributed by atoms with E-state index in [1.54, 1.807) is 44.7 Å². The Bertz CT molecular complexity index is 1500. The molecule has 2 aliphatic heterocycles. The summed E-state index contributed by atoms with van der Waals surface area (Å²) in [5.74, 6) is 1.30. The number of thioether (sulfide) groups is 1. The Morgan fingerprint density at radius 2 is 1.85 bits per heavy atom. The van der Waals surface area contributed by atoms with E-state index in [4.69, 9.17) is 26.2 Å². The van der Waals surface area contributed by atoms with Gasteiger partial charge in [0, 0.05) is 34.1 Å². The first-order valence-electron chi connectivity index (χ1n) is 12.9. The lowest BCUT2D eigenvalue weighted by Gasteiger charge is -2.30. The lowest BCUT2D eigenvalue weighted by Crippen LogP contribution is -2.48.